The molecule has 1 heterocycles. The van der Waals surface area contributed by atoms with Crippen LogP contribution in [0.3, 0.4) is 0 Å². The van der Waals surface area contributed by atoms with Crippen LogP contribution in [0.4, 0.5) is 0 Å². The standard InChI is InChI=1S/C17H19N3O3S/c1-20(11-5-10-18)16(21)12-23-17(22)9-4-8-15-19-13-6-2-3-7-14(13)24-15/h2-3,6-7H,4-5,8-9,11-12H2,1H3. The molecule has 126 valence electrons. The molecule has 0 aliphatic heterocycles. The number of esters is 1. The first kappa shape index (κ1) is 17.9. The summed E-state index contributed by atoms with van der Waals surface area (Å²) < 4.78 is 6.11. The van der Waals surface area contributed by atoms with E-state index in [1.54, 1.807) is 18.4 Å². The van der Waals surface area contributed by atoms with Crippen LogP contribution in [0.25, 0.3) is 10.2 Å². The van der Waals surface area contributed by atoms with Gasteiger partial charge in [0.1, 0.15) is 0 Å². The first-order valence-corrected chi connectivity index (χ1v) is 8.53. The van der Waals surface area contributed by atoms with Crippen molar-refractivity contribution >= 4 is 33.4 Å². The Kier molecular flexibility index (Phi) is 6.70. The molecule has 1 aromatic carbocycles. The highest BCUT2D eigenvalue weighted by Gasteiger charge is 2.12. The molecule has 0 aliphatic carbocycles. The second kappa shape index (κ2) is 8.99. The summed E-state index contributed by atoms with van der Waals surface area (Å²) in [5, 5.41) is 9.47. The second-order valence-corrected chi connectivity index (χ2v) is 6.43. The number of likely N-dealkylation sites (N-methyl/N-ethyl adjacent to an activating group) is 1. The highest BCUT2D eigenvalue weighted by Crippen LogP contribution is 2.22. The van der Waals surface area contributed by atoms with Crippen molar-refractivity contribution in [3.8, 4) is 6.07 Å². The van der Waals surface area contributed by atoms with Gasteiger partial charge in [0.05, 0.1) is 27.7 Å². The van der Waals surface area contributed by atoms with Gasteiger partial charge in [0.15, 0.2) is 6.61 Å². The van der Waals surface area contributed by atoms with Gasteiger partial charge in [-0.15, -0.1) is 11.3 Å². The number of hydrogen-bond acceptors (Lipinski definition) is 6. The minimum absolute atomic E-state index is 0.255. The third-order valence-electron chi connectivity index (χ3n) is 3.45. The number of ether oxygens (including phenoxy) is 1. The summed E-state index contributed by atoms with van der Waals surface area (Å²) in [4.78, 5) is 29.3. The Labute approximate surface area is 144 Å². The van der Waals surface area contributed by atoms with Crippen molar-refractivity contribution in [1.29, 1.82) is 5.26 Å². The average Bonchev–Trinajstić information content (AvgIpc) is 3.00. The minimum atomic E-state index is -0.391. The fourth-order valence-electron chi connectivity index (χ4n) is 2.08. The lowest BCUT2D eigenvalue weighted by Gasteiger charge is -2.15. The van der Waals surface area contributed by atoms with Crippen LogP contribution in [-0.2, 0) is 20.7 Å². The zero-order chi connectivity index (χ0) is 17.4. The molecule has 0 bridgehead atoms. The van der Waals surface area contributed by atoms with Gasteiger partial charge in [0.25, 0.3) is 5.91 Å². The van der Waals surface area contributed by atoms with Gasteiger partial charge in [0, 0.05) is 20.0 Å². The summed E-state index contributed by atoms with van der Waals surface area (Å²) >= 11 is 1.63. The third kappa shape index (κ3) is 5.32. The SMILES string of the molecule is CN(CCC#N)C(=O)COC(=O)CCCc1nc2ccccc2s1. The van der Waals surface area contributed by atoms with Crippen molar-refractivity contribution in [3.63, 3.8) is 0 Å². The lowest BCUT2D eigenvalue weighted by molar-refractivity contribution is -0.151. The molecule has 0 spiro atoms. The van der Waals surface area contributed by atoms with E-state index in [1.807, 2.05) is 30.3 Å². The predicted octanol–water partition coefficient (Wildman–Crippen LogP) is 2.53. The quantitative estimate of drug-likeness (QED) is 0.687. The van der Waals surface area contributed by atoms with Gasteiger partial charge in [-0.2, -0.15) is 5.26 Å². The number of nitrogens with zero attached hydrogens (tertiary/aromatic N) is 3. The molecule has 0 atom stereocenters. The minimum Gasteiger partial charge on any atom is -0.456 e. The first-order valence-electron chi connectivity index (χ1n) is 7.71. The normalized spacial score (nSPS) is 10.3. The van der Waals surface area contributed by atoms with Crippen LogP contribution in [0.15, 0.2) is 24.3 Å². The van der Waals surface area contributed by atoms with Gasteiger partial charge in [-0.1, -0.05) is 12.1 Å². The Balaban J connectivity index is 1.68. The molecule has 2 aromatic rings. The molecular formula is C17H19N3O3S. The van der Waals surface area contributed by atoms with Crippen LogP contribution < -0.4 is 0 Å². The van der Waals surface area contributed by atoms with E-state index in [0.29, 0.717) is 19.4 Å². The van der Waals surface area contributed by atoms with Crippen LogP contribution in [0.2, 0.25) is 0 Å². The molecule has 24 heavy (non-hydrogen) atoms. The van der Waals surface area contributed by atoms with Crippen molar-refractivity contribution < 1.29 is 14.3 Å². The van der Waals surface area contributed by atoms with E-state index in [2.05, 4.69) is 4.98 Å². The van der Waals surface area contributed by atoms with Crippen LogP contribution in [0.5, 0.6) is 0 Å². The van der Waals surface area contributed by atoms with Gasteiger partial charge in [-0.3, -0.25) is 9.59 Å². The molecule has 2 rings (SSSR count). The summed E-state index contributed by atoms with van der Waals surface area (Å²) in [6.45, 7) is 0.0619. The van der Waals surface area contributed by atoms with Crippen LogP contribution in [0, 0.1) is 11.3 Å². The molecule has 7 heteroatoms. The van der Waals surface area contributed by atoms with Crippen molar-refractivity contribution in [2.24, 2.45) is 0 Å². The summed E-state index contributed by atoms with van der Waals surface area (Å²) in [7, 11) is 1.58. The fraction of sp³-hybridized carbons (Fsp3) is 0.412. The van der Waals surface area contributed by atoms with Gasteiger partial charge >= 0.3 is 5.97 Å². The molecule has 0 aliphatic rings. The van der Waals surface area contributed by atoms with E-state index in [0.717, 1.165) is 15.2 Å². The summed E-state index contributed by atoms with van der Waals surface area (Å²) in [6, 6.07) is 9.89. The number of aryl methyl sites for hydroxylation is 1. The zero-order valence-corrected chi connectivity index (χ0v) is 14.3. The molecule has 0 saturated heterocycles. The van der Waals surface area contributed by atoms with Gasteiger partial charge in [0.2, 0.25) is 0 Å². The lowest BCUT2D eigenvalue weighted by atomic mass is 10.2. The third-order valence-corrected chi connectivity index (χ3v) is 4.55. The molecule has 6 nitrogen and oxygen atoms in total. The first-order chi connectivity index (χ1) is 11.6. The second-order valence-electron chi connectivity index (χ2n) is 5.31. The van der Waals surface area contributed by atoms with Crippen molar-refractivity contribution in [3.05, 3.63) is 29.3 Å². The number of aromatic nitrogens is 1. The topological polar surface area (TPSA) is 83.3 Å². The molecule has 0 N–H and O–H groups in total. The maximum absolute atomic E-state index is 11.7. The van der Waals surface area contributed by atoms with E-state index in [9.17, 15) is 9.59 Å². The highest BCUT2D eigenvalue weighted by atomic mass is 32.1. The average molecular weight is 345 g/mol. The molecule has 0 saturated carbocycles. The monoisotopic (exact) mass is 345 g/mol. The number of rotatable bonds is 8. The van der Waals surface area contributed by atoms with Gasteiger partial charge < -0.3 is 9.64 Å². The summed E-state index contributed by atoms with van der Waals surface area (Å²) in [6.07, 6.45) is 1.87. The number of amides is 1. The number of carbonyl (C=O) groups is 2. The Morgan fingerprint density at radius 3 is 2.92 bits per heavy atom. The van der Waals surface area contributed by atoms with Crippen LogP contribution in [-0.4, -0.2) is 42.0 Å². The van der Waals surface area contributed by atoms with Crippen molar-refractivity contribution in [2.45, 2.75) is 25.7 Å². The fourth-order valence-corrected chi connectivity index (χ4v) is 3.09. The van der Waals surface area contributed by atoms with E-state index in [-0.39, 0.29) is 25.4 Å². The Hall–Kier alpha value is -2.46. The number of thiazole rings is 1. The Bertz CT molecular complexity index is 718. The van der Waals surface area contributed by atoms with Gasteiger partial charge in [-0.25, -0.2) is 4.98 Å². The van der Waals surface area contributed by atoms with Crippen LogP contribution in [0.1, 0.15) is 24.3 Å². The van der Waals surface area contributed by atoms with Crippen LogP contribution >= 0.6 is 11.3 Å². The highest BCUT2D eigenvalue weighted by molar-refractivity contribution is 7.18. The van der Waals surface area contributed by atoms with E-state index in [4.69, 9.17) is 10.00 Å². The van der Waals surface area contributed by atoms with Crippen molar-refractivity contribution in [1.82, 2.24) is 9.88 Å². The van der Waals surface area contributed by atoms with Gasteiger partial charge in [-0.05, 0) is 25.0 Å². The maximum Gasteiger partial charge on any atom is 0.306 e. The van der Waals surface area contributed by atoms with E-state index >= 15 is 0 Å². The Morgan fingerprint density at radius 1 is 1.38 bits per heavy atom. The molecule has 0 radical (unpaired) electrons. The summed E-state index contributed by atoms with van der Waals surface area (Å²) in [5.41, 5.74) is 0.978. The number of para-hydroxylation sites is 1. The Morgan fingerprint density at radius 2 is 2.17 bits per heavy atom. The number of fused-ring (bicyclic) bond motifs is 1. The smallest absolute Gasteiger partial charge is 0.306 e. The predicted molar refractivity (Wildman–Crippen MR) is 91.4 cm³/mol. The van der Waals surface area contributed by atoms with E-state index in [1.165, 1.54) is 4.90 Å². The summed E-state index contributed by atoms with van der Waals surface area (Å²) in [5.74, 6) is -0.692. The molecule has 1 amide bonds. The maximum atomic E-state index is 11.7. The number of benzene rings is 1. The number of hydrogen-bond donors (Lipinski definition) is 0. The zero-order valence-electron chi connectivity index (χ0n) is 13.5. The number of carbonyl (C=O) groups excluding carboxylic acids is 2. The lowest BCUT2D eigenvalue weighted by Crippen LogP contribution is -2.31. The molecule has 0 unspecified atom stereocenters. The molecule has 1 aromatic heterocycles. The molecular weight excluding hydrogens is 326 g/mol. The van der Waals surface area contributed by atoms with Crippen molar-refractivity contribution in [2.75, 3.05) is 20.2 Å². The molecule has 0 fully saturated rings. The largest absolute Gasteiger partial charge is 0.456 e. The van der Waals surface area contributed by atoms with E-state index < -0.39 is 5.97 Å². The number of nitriles is 1.